The van der Waals surface area contributed by atoms with E-state index in [0.29, 0.717) is 0 Å². The van der Waals surface area contributed by atoms with Crippen molar-refractivity contribution in [3.8, 4) is 0 Å². The van der Waals surface area contributed by atoms with Crippen molar-refractivity contribution in [1.82, 2.24) is 0 Å². The van der Waals surface area contributed by atoms with Crippen LogP contribution >= 0.6 is 0 Å². The highest BCUT2D eigenvalue weighted by molar-refractivity contribution is 5.32. The molecule has 0 N–H and O–H groups in total. The SMILES string of the molecule is C=C(C)C(C)=CC(C)=C(C)OC. The molecule has 0 aliphatic rings. The molecule has 12 heavy (non-hydrogen) atoms. The van der Waals surface area contributed by atoms with Crippen LogP contribution in [0.2, 0.25) is 0 Å². The third-order valence-corrected chi connectivity index (χ3v) is 1.97. The maximum Gasteiger partial charge on any atom is 0.0953 e. The Hall–Kier alpha value is -0.980. The molecular formula is C11H18O. The minimum Gasteiger partial charge on any atom is -0.501 e. The molecular weight excluding hydrogens is 148 g/mol. The summed E-state index contributed by atoms with van der Waals surface area (Å²) in [6.45, 7) is 11.9. The molecule has 0 aromatic heterocycles. The summed E-state index contributed by atoms with van der Waals surface area (Å²) in [4.78, 5) is 0. The highest BCUT2D eigenvalue weighted by Gasteiger charge is 1.94. The van der Waals surface area contributed by atoms with Gasteiger partial charge >= 0.3 is 0 Å². The van der Waals surface area contributed by atoms with Gasteiger partial charge in [-0.05, 0) is 38.8 Å². The van der Waals surface area contributed by atoms with Gasteiger partial charge in [0.2, 0.25) is 0 Å². The van der Waals surface area contributed by atoms with Crippen LogP contribution in [0.1, 0.15) is 27.7 Å². The summed E-state index contributed by atoms with van der Waals surface area (Å²) in [5.41, 5.74) is 3.44. The van der Waals surface area contributed by atoms with Gasteiger partial charge in [0, 0.05) is 0 Å². The van der Waals surface area contributed by atoms with Crippen LogP contribution < -0.4 is 0 Å². The first-order valence-electron chi connectivity index (χ1n) is 4.04. The van der Waals surface area contributed by atoms with Gasteiger partial charge in [0.25, 0.3) is 0 Å². The Bertz CT molecular complexity index is 231. The summed E-state index contributed by atoms with van der Waals surface area (Å²) in [6.07, 6.45) is 2.08. The van der Waals surface area contributed by atoms with Gasteiger partial charge in [-0.1, -0.05) is 18.2 Å². The van der Waals surface area contributed by atoms with Crippen molar-refractivity contribution in [2.24, 2.45) is 0 Å². The first kappa shape index (κ1) is 11.0. The molecule has 0 saturated heterocycles. The number of methoxy groups -OCH3 is 1. The molecule has 0 aromatic carbocycles. The second kappa shape index (κ2) is 4.81. The highest BCUT2D eigenvalue weighted by Crippen LogP contribution is 2.12. The van der Waals surface area contributed by atoms with Gasteiger partial charge in [-0.3, -0.25) is 0 Å². The molecule has 0 amide bonds. The van der Waals surface area contributed by atoms with Gasteiger partial charge in [0.1, 0.15) is 0 Å². The van der Waals surface area contributed by atoms with E-state index in [1.54, 1.807) is 7.11 Å². The first-order chi connectivity index (χ1) is 5.49. The average molecular weight is 166 g/mol. The lowest BCUT2D eigenvalue weighted by molar-refractivity contribution is 0.290. The zero-order valence-electron chi connectivity index (χ0n) is 8.69. The summed E-state index contributed by atoms with van der Waals surface area (Å²) in [7, 11) is 1.68. The number of ether oxygens (including phenoxy) is 1. The van der Waals surface area contributed by atoms with E-state index in [4.69, 9.17) is 4.74 Å². The van der Waals surface area contributed by atoms with E-state index in [2.05, 4.69) is 19.6 Å². The van der Waals surface area contributed by atoms with Crippen LogP contribution in [0.3, 0.4) is 0 Å². The number of allylic oxidation sites excluding steroid dienone is 5. The molecule has 1 nitrogen and oxygen atoms in total. The standard InChI is InChI=1S/C11H18O/c1-8(2)9(3)7-10(4)11(5)12-6/h7H,1H2,2-6H3. The summed E-state index contributed by atoms with van der Waals surface area (Å²) in [5.74, 6) is 0.954. The van der Waals surface area contributed by atoms with Crippen LogP contribution in [0.5, 0.6) is 0 Å². The molecule has 0 radical (unpaired) electrons. The molecule has 0 spiro atoms. The van der Waals surface area contributed by atoms with Gasteiger partial charge in [-0.25, -0.2) is 0 Å². The van der Waals surface area contributed by atoms with Crippen LogP contribution in [-0.2, 0) is 4.74 Å². The maximum absolute atomic E-state index is 5.10. The quantitative estimate of drug-likeness (QED) is 0.461. The van der Waals surface area contributed by atoms with Crippen LogP contribution in [-0.4, -0.2) is 7.11 Å². The van der Waals surface area contributed by atoms with Gasteiger partial charge in [0.05, 0.1) is 12.9 Å². The maximum atomic E-state index is 5.10. The monoisotopic (exact) mass is 166 g/mol. The van der Waals surface area contributed by atoms with E-state index in [1.165, 1.54) is 5.57 Å². The lowest BCUT2D eigenvalue weighted by Crippen LogP contribution is -1.85. The summed E-state index contributed by atoms with van der Waals surface area (Å²) < 4.78 is 5.10. The number of hydrogen-bond acceptors (Lipinski definition) is 1. The minimum absolute atomic E-state index is 0.954. The Labute approximate surface area is 75.4 Å². The normalized spacial score (nSPS) is 13.9. The predicted molar refractivity (Wildman–Crippen MR) is 54.0 cm³/mol. The average Bonchev–Trinajstić information content (AvgIpc) is 2.02. The summed E-state index contributed by atoms with van der Waals surface area (Å²) in [5, 5.41) is 0. The van der Waals surface area contributed by atoms with E-state index in [-0.39, 0.29) is 0 Å². The molecule has 0 aliphatic heterocycles. The molecule has 0 rings (SSSR count). The van der Waals surface area contributed by atoms with E-state index < -0.39 is 0 Å². The smallest absolute Gasteiger partial charge is 0.0953 e. The second-order valence-electron chi connectivity index (χ2n) is 3.05. The number of rotatable bonds is 3. The van der Waals surface area contributed by atoms with Crippen molar-refractivity contribution in [3.05, 3.63) is 35.1 Å². The molecule has 0 aromatic rings. The Kier molecular flexibility index (Phi) is 4.42. The third kappa shape index (κ3) is 3.42. The lowest BCUT2D eigenvalue weighted by atomic mass is 10.1. The molecule has 0 saturated carbocycles. The van der Waals surface area contributed by atoms with Crippen LogP contribution in [0.15, 0.2) is 35.1 Å². The number of hydrogen-bond donors (Lipinski definition) is 0. The van der Waals surface area contributed by atoms with Crippen molar-refractivity contribution in [2.75, 3.05) is 7.11 Å². The fraction of sp³-hybridized carbons (Fsp3) is 0.455. The van der Waals surface area contributed by atoms with Crippen molar-refractivity contribution >= 4 is 0 Å². The topological polar surface area (TPSA) is 9.23 Å². The molecule has 0 bridgehead atoms. The molecule has 0 aliphatic carbocycles. The highest BCUT2D eigenvalue weighted by atomic mass is 16.5. The Balaban J connectivity index is 4.64. The zero-order chi connectivity index (χ0) is 9.72. The van der Waals surface area contributed by atoms with Gasteiger partial charge < -0.3 is 4.74 Å². The molecule has 1 heteroatoms. The van der Waals surface area contributed by atoms with Crippen LogP contribution in [0.25, 0.3) is 0 Å². The van der Waals surface area contributed by atoms with E-state index in [9.17, 15) is 0 Å². The zero-order valence-corrected chi connectivity index (χ0v) is 8.69. The minimum atomic E-state index is 0.954. The predicted octanol–water partition coefficient (Wildman–Crippen LogP) is 3.45. The molecule has 0 heterocycles. The Morgan fingerprint density at radius 1 is 1.17 bits per heavy atom. The van der Waals surface area contributed by atoms with Gasteiger partial charge in [-0.2, -0.15) is 0 Å². The van der Waals surface area contributed by atoms with Gasteiger partial charge in [-0.15, -0.1) is 0 Å². The molecule has 0 unspecified atom stereocenters. The molecule has 0 atom stereocenters. The third-order valence-electron chi connectivity index (χ3n) is 1.97. The van der Waals surface area contributed by atoms with E-state index >= 15 is 0 Å². The molecule has 0 fully saturated rings. The first-order valence-corrected chi connectivity index (χ1v) is 4.04. The van der Waals surface area contributed by atoms with Crippen LogP contribution in [0, 0.1) is 0 Å². The van der Waals surface area contributed by atoms with Crippen LogP contribution in [0.4, 0.5) is 0 Å². The van der Waals surface area contributed by atoms with Crippen molar-refractivity contribution in [2.45, 2.75) is 27.7 Å². The van der Waals surface area contributed by atoms with Gasteiger partial charge in [0.15, 0.2) is 0 Å². The van der Waals surface area contributed by atoms with Crippen molar-refractivity contribution in [3.63, 3.8) is 0 Å². The molecule has 68 valence electrons. The lowest BCUT2D eigenvalue weighted by Gasteiger charge is -2.04. The Morgan fingerprint density at radius 2 is 1.67 bits per heavy atom. The van der Waals surface area contributed by atoms with Crippen molar-refractivity contribution < 1.29 is 4.74 Å². The fourth-order valence-electron chi connectivity index (χ4n) is 0.711. The van der Waals surface area contributed by atoms with Crippen molar-refractivity contribution in [1.29, 1.82) is 0 Å². The largest absolute Gasteiger partial charge is 0.501 e. The summed E-state index contributed by atoms with van der Waals surface area (Å²) >= 11 is 0. The Morgan fingerprint density at radius 3 is 2.00 bits per heavy atom. The van der Waals surface area contributed by atoms with E-state index in [0.717, 1.165) is 16.9 Å². The van der Waals surface area contributed by atoms with E-state index in [1.807, 2.05) is 20.8 Å². The second-order valence-corrected chi connectivity index (χ2v) is 3.05. The summed E-state index contributed by atoms with van der Waals surface area (Å²) in [6, 6.07) is 0. The fourth-order valence-corrected chi connectivity index (χ4v) is 0.711.